The van der Waals surface area contributed by atoms with Gasteiger partial charge in [-0.1, -0.05) is 91.0 Å². The Morgan fingerprint density at radius 1 is 0.186 bits per heavy atom. The number of benzene rings is 3. The maximum absolute atomic E-state index is 7.17. The summed E-state index contributed by atoms with van der Waals surface area (Å²) in [6.07, 6.45) is 0. The van der Waals surface area contributed by atoms with Gasteiger partial charge in [-0.15, -0.1) is 0 Å². The fourth-order valence-corrected chi connectivity index (χ4v) is 4.48. The minimum Gasteiger partial charge on any atom is -0.402 e. The highest BCUT2D eigenvalue weighted by Crippen LogP contribution is 2.32. The zero-order valence-corrected chi connectivity index (χ0v) is 30.7. The third kappa shape index (κ3) is 142. The van der Waals surface area contributed by atoms with E-state index in [1.807, 2.05) is 0 Å². The second-order valence-electron chi connectivity index (χ2n) is 7.81. The fraction of sp³-hybridized carbons (Fsp3) is 0. The molecule has 59 heavy (non-hydrogen) atoms. The molecule has 30 nitrogen and oxygen atoms in total. The quantitative estimate of drug-likeness (QED) is 0.0858. The van der Waals surface area contributed by atoms with E-state index in [0.29, 0.717) is 0 Å². The highest BCUT2D eigenvalue weighted by atomic mass is 31.1. The normalized spacial score (nSPS) is 7.98. The van der Waals surface area contributed by atoms with Crippen LogP contribution < -0.4 is 15.9 Å². The van der Waals surface area contributed by atoms with Crippen molar-refractivity contribution >= 4 is 97.0 Å². The van der Waals surface area contributed by atoms with Gasteiger partial charge in [0.2, 0.25) is 0 Å². The van der Waals surface area contributed by atoms with Crippen LogP contribution in [0.25, 0.3) is 0 Å². The van der Waals surface area contributed by atoms with E-state index in [2.05, 4.69) is 91.0 Å². The van der Waals surface area contributed by atoms with Crippen LogP contribution in [-0.2, 0) is 0 Å². The first-order valence-electron chi connectivity index (χ1n) is 14.1. The third-order valence-electron chi connectivity index (χ3n) is 3.04. The zero-order valence-electron chi connectivity index (χ0n) is 29.8. The lowest BCUT2D eigenvalue weighted by Gasteiger charge is -2.18. The predicted octanol–water partition coefficient (Wildman–Crippen LogP) is -17.1. The highest BCUT2D eigenvalue weighted by Gasteiger charge is 2.15. The highest BCUT2D eigenvalue weighted by molar-refractivity contribution is 7.79. The van der Waals surface area contributed by atoms with Gasteiger partial charge in [0.1, 0.15) is 0 Å². The standard InChI is InChI=1S/C18H15P.10BH3O3/c1-4-10-16(11-5-1)19(17-12-6-2-7-13-17)18-14-8-3-9-15-18;10*2-1(3)4/h1-15H;10*2-4H. The van der Waals surface area contributed by atoms with Gasteiger partial charge in [-0.25, -0.2) is 0 Å². The van der Waals surface area contributed by atoms with E-state index in [9.17, 15) is 0 Å². The van der Waals surface area contributed by atoms with Crippen molar-refractivity contribution in [2.24, 2.45) is 0 Å². The molecule has 0 heterocycles. The van der Waals surface area contributed by atoms with Crippen LogP contribution in [-0.4, -0.2) is 224 Å². The van der Waals surface area contributed by atoms with Gasteiger partial charge in [0, 0.05) is 0 Å². The van der Waals surface area contributed by atoms with Crippen molar-refractivity contribution in [3.05, 3.63) is 91.0 Å². The first-order valence-corrected chi connectivity index (χ1v) is 15.5. The van der Waals surface area contributed by atoms with Gasteiger partial charge in [0.15, 0.2) is 0 Å². The van der Waals surface area contributed by atoms with E-state index >= 15 is 0 Å². The summed E-state index contributed by atoms with van der Waals surface area (Å²) in [5.41, 5.74) is 0. The Labute approximate surface area is 338 Å². The molecule has 0 aromatic heterocycles. The lowest BCUT2D eigenvalue weighted by atomic mass is 10.3. The Balaban J connectivity index is -0.0000000910. The molecule has 0 bridgehead atoms. The molecule has 0 radical (unpaired) electrons. The van der Waals surface area contributed by atoms with E-state index in [1.165, 1.54) is 15.9 Å². The molecule has 3 aromatic carbocycles. The largest absolute Gasteiger partial charge is 0.631 e. The molecule has 30 N–H and O–H groups in total. The van der Waals surface area contributed by atoms with Crippen molar-refractivity contribution in [3.8, 4) is 0 Å². The SMILES string of the molecule is OB(O)O.OB(O)O.OB(O)O.OB(O)O.OB(O)O.OB(O)O.OB(O)O.OB(O)O.OB(O)O.OB(O)O.c1ccc(P(c2ccccc2)c2ccccc2)cc1. The summed E-state index contributed by atoms with van der Waals surface area (Å²) in [7, 11) is -22.1. The van der Waals surface area contributed by atoms with Crippen molar-refractivity contribution in [1.82, 2.24) is 0 Å². The fourth-order valence-electron chi connectivity index (χ4n) is 2.18. The molecule has 0 amide bonds. The van der Waals surface area contributed by atoms with Crippen LogP contribution >= 0.6 is 7.92 Å². The Morgan fingerprint density at radius 2 is 0.271 bits per heavy atom. The molecule has 0 fully saturated rings. The van der Waals surface area contributed by atoms with Crippen LogP contribution in [0.5, 0.6) is 0 Å². The number of hydrogen-bond acceptors (Lipinski definition) is 30. The maximum atomic E-state index is 7.17. The second kappa shape index (κ2) is 55.5. The Hall–Kier alpha value is -2.46. The zero-order chi connectivity index (χ0) is 48.7. The second-order valence-corrected chi connectivity index (χ2v) is 10.0. The van der Waals surface area contributed by atoms with Gasteiger partial charge < -0.3 is 151 Å². The summed E-state index contributed by atoms with van der Waals surface area (Å²) in [4.78, 5) is 0. The van der Waals surface area contributed by atoms with Crippen LogP contribution in [0.2, 0.25) is 0 Å². The molecule has 0 atom stereocenters. The van der Waals surface area contributed by atoms with Crippen LogP contribution in [0, 0.1) is 0 Å². The summed E-state index contributed by atoms with van der Waals surface area (Å²) in [6.45, 7) is 0. The minimum absolute atomic E-state index is 0.446. The molecule has 3 rings (SSSR count). The van der Waals surface area contributed by atoms with Crippen LogP contribution in [0.1, 0.15) is 0 Å². The smallest absolute Gasteiger partial charge is 0.402 e. The van der Waals surface area contributed by atoms with Gasteiger partial charge in [-0.05, 0) is 23.8 Å². The Bertz CT molecular complexity index is 921. The average molecular weight is 881 g/mol. The van der Waals surface area contributed by atoms with Gasteiger partial charge in [0.05, 0.1) is 0 Å². The van der Waals surface area contributed by atoms with Gasteiger partial charge >= 0.3 is 73.2 Å². The van der Waals surface area contributed by atoms with E-state index < -0.39 is 81.1 Å². The molecule has 3 aromatic rings. The van der Waals surface area contributed by atoms with E-state index in [4.69, 9.17) is 151 Å². The molecule has 0 saturated heterocycles. The van der Waals surface area contributed by atoms with Crippen molar-refractivity contribution < 1.29 is 151 Å². The van der Waals surface area contributed by atoms with Gasteiger partial charge in [0.25, 0.3) is 0 Å². The van der Waals surface area contributed by atoms with Crippen LogP contribution in [0.4, 0.5) is 0 Å². The van der Waals surface area contributed by atoms with E-state index in [-0.39, 0.29) is 0 Å². The molecule has 0 aliphatic carbocycles. The van der Waals surface area contributed by atoms with Gasteiger partial charge in [-0.3, -0.25) is 0 Å². The van der Waals surface area contributed by atoms with E-state index in [0.717, 1.165) is 0 Å². The third-order valence-corrected chi connectivity index (χ3v) is 5.49. The maximum Gasteiger partial charge on any atom is 0.631 e. The lowest BCUT2D eigenvalue weighted by molar-refractivity contribution is 0.276. The molecular formula is C18H45B10O30P. The average Bonchev–Trinajstić information content (AvgIpc) is 3.00. The monoisotopic (exact) mass is 882 g/mol. The summed E-state index contributed by atoms with van der Waals surface area (Å²) in [6, 6.07) is 32.3. The first kappa shape index (κ1) is 74.0. The van der Waals surface area contributed by atoms with Crippen molar-refractivity contribution in [2.45, 2.75) is 0 Å². The van der Waals surface area contributed by atoms with Crippen molar-refractivity contribution in [3.63, 3.8) is 0 Å². The predicted molar refractivity (Wildman–Crippen MR) is 209 cm³/mol. The van der Waals surface area contributed by atoms with Gasteiger partial charge in [-0.2, -0.15) is 0 Å². The first-order chi connectivity index (χ1) is 26.8. The molecule has 0 unspecified atom stereocenters. The summed E-state index contributed by atoms with van der Waals surface area (Å²) < 4.78 is 0. The topological polar surface area (TPSA) is 607 Å². The molecular weight excluding hydrogens is 835 g/mol. The lowest BCUT2D eigenvalue weighted by Crippen LogP contribution is -2.20. The molecule has 0 aliphatic heterocycles. The van der Waals surface area contributed by atoms with Crippen molar-refractivity contribution in [1.29, 1.82) is 0 Å². The Kier molecular flexibility index (Phi) is 69.7. The molecule has 0 saturated carbocycles. The van der Waals surface area contributed by atoms with Crippen molar-refractivity contribution in [2.75, 3.05) is 0 Å². The van der Waals surface area contributed by atoms with Crippen LogP contribution in [0.3, 0.4) is 0 Å². The molecule has 332 valence electrons. The number of hydrogen-bond donors (Lipinski definition) is 30. The Morgan fingerprint density at radius 3 is 0.356 bits per heavy atom. The minimum atomic E-state index is -2.17. The summed E-state index contributed by atoms with van der Waals surface area (Å²) in [5.74, 6) is 0. The number of rotatable bonds is 3. The molecule has 0 spiro atoms. The van der Waals surface area contributed by atoms with E-state index in [1.54, 1.807) is 0 Å². The summed E-state index contributed by atoms with van der Waals surface area (Å²) >= 11 is 0. The van der Waals surface area contributed by atoms with Crippen LogP contribution in [0.15, 0.2) is 91.0 Å². The summed E-state index contributed by atoms with van der Waals surface area (Å²) in [5, 5.41) is 219. The molecule has 0 aliphatic rings. The molecule has 41 heteroatoms.